The Hall–Kier alpha value is -1.75. The number of nitrogens with one attached hydrogen (secondary N) is 1. The Kier molecular flexibility index (Phi) is 5.24. The molecule has 0 aliphatic carbocycles. The van der Waals surface area contributed by atoms with Gasteiger partial charge in [0.1, 0.15) is 0 Å². The molecule has 1 heterocycles. The maximum atomic E-state index is 11.9. The van der Waals surface area contributed by atoms with Gasteiger partial charge in [-0.25, -0.2) is 0 Å². The summed E-state index contributed by atoms with van der Waals surface area (Å²) in [5, 5.41) is 2.85. The van der Waals surface area contributed by atoms with Crippen LogP contribution < -0.4 is 20.5 Å². The summed E-state index contributed by atoms with van der Waals surface area (Å²) >= 11 is 0. The summed E-state index contributed by atoms with van der Waals surface area (Å²) in [6, 6.07) is 5.35. The molecule has 0 saturated heterocycles. The van der Waals surface area contributed by atoms with Crippen molar-refractivity contribution in [2.75, 3.05) is 18.5 Å². The molecule has 0 bridgehead atoms. The molecule has 0 aromatic heterocycles. The van der Waals surface area contributed by atoms with Gasteiger partial charge in [-0.3, -0.25) is 4.79 Å². The summed E-state index contributed by atoms with van der Waals surface area (Å²) in [4.78, 5) is 11.9. The molecule has 1 aromatic rings. The Balaban J connectivity index is 1.96. The number of ether oxygens (including phenoxy) is 2. The molecule has 0 radical (unpaired) electrons. The van der Waals surface area contributed by atoms with Crippen LogP contribution >= 0.6 is 0 Å². The van der Waals surface area contributed by atoms with Crippen molar-refractivity contribution in [1.29, 1.82) is 0 Å². The first-order chi connectivity index (χ1) is 9.69. The zero-order valence-electron chi connectivity index (χ0n) is 11.9. The molecule has 1 amide bonds. The monoisotopic (exact) mass is 278 g/mol. The fourth-order valence-corrected chi connectivity index (χ4v) is 2.16. The summed E-state index contributed by atoms with van der Waals surface area (Å²) in [6.07, 6.45) is 3.04. The van der Waals surface area contributed by atoms with Crippen LogP contribution in [0.4, 0.5) is 5.69 Å². The molecular weight excluding hydrogens is 256 g/mol. The molecule has 110 valence electrons. The maximum Gasteiger partial charge on any atom is 0.225 e. The molecule has 0 fully saturated rings. The van der Waals surface area contributed by atoms with Crippen LogP contribution in [-0.2, 0) is 4.79 Å². The van der Waals surface area contributed by atoms with E-state index in [2.05, 4.69) is 12.2 Å². The van der Waals surface area contributed by atoms with Gasteiger partial charge in [0.15, 0.2) is 11.5 Å². The molecule has 0 saturated carbocycles. The SMILES string of the molecule is CCCC(N)CC(=O)Nc1ccc2c(c1)OCCCO2. The zero-order chi connectivity index (χ0) is 14.4. The average molecular weight is 278 g/mol. The fraction of sp³-hybridized carbons (Fsp3) is 0.533. The number of hydrogen-bond donors (Lipinski definition) is 2. The van der Waals surface area contributed by atoms with Gasteiger partial charge >= 0.3 is 0 Å². The smallest absolute Gasteiger partial charge is 0.225 e. The Morgan fingerprint density at radius 2 is 2.10 bits per heavy atom. The maximum absolute atomic E-state index is 11.9. The van der Waals surface area contributed by atoms with Gasteiger partial charge in [0.25, 0.3) is 0 Å². The number of carbonyl (C=O) groups is 1. The summed E-state index contributed by atoms with van der Waals surface area (Å²) in [5.74, 6) is 1.33. The number of benzene rings is 1. The van der Waals surface area contributed by atoms with Crippen LogP contribution in [0, 0.1) is 0 Å². The third-order valence-electron chi connectivity index (χ3n) is 3.14. The van der Waals surface area contributed by atoms with Crippen molar-refractivity contribution in [3.63, 3.8) is 0 Å². The van der Waals surface area contributed by atoms with E-state index < -0.39 is 0 Å². The summed E-state index contributed by atoms with van der Waals surface area (Å²) in [7, 11) is 0. The zero-order valence-corrected chi connectivity index (χ0v) is 11.9. The first kappa shape index (κ1) is 14.7. The molecule has 1 atom stereocenters. The fourth-order valence-electron chi connectivity index (χ4n) is 2.16. The third kappa shape index (κ3) is 4.13. The highest BCUT2D eigenvalue weighted by atomic mass is 16.5. The lowest BCUT2D eigenvalue weighted by atomic mass is 10.1. The van der Waals surface area contributed by atoms with E-state index in [-0.39, 0.29) is 11.9 Å². The van der Waals surface area contributed by atoms with Crippen molar-refractivity contribution in [2.24, 2.45) is 5.73 Å². The quantitative estimate of drug-likeness (QED) is 0.866. The van der Waals surface area contributed by atoms with E-state index in [0.717, 1.165) is 25.0 Å². The highest BCUT2D eigenvalue weighted by Crippen LogP contribution is 2.32. The van der Waals surface area contributed by atoms with Crippen LogP contribution in [0.1, 0.15) is 32.6 Å². The van der Waals surface area contributed by atoms with Gasteiger partial charge in [-0.15, -0.1) is 0 Å². The normalized spacial score (nSPS) is 15.3. The van der Waals surface area contributed by atoms with E-state index in [4.69, 9.17) is 15.2 Å². The van der Waals surface area contributed by atoms with E-state index in [9.17, 15) is 4.79 Å². The minimum Gasteiger partial charge on any atom is -0.490 e. The summed E-state index contributed by atoms with van der Waals surface area (Å²) in [6.45, 7) is 3.35. The number of amides is 1. The number of hydrogen-bond acceptors (Lipinski definition) is 4. The van der Waals surface area contributed by atoms with Crippen molar-refractivity contribution >= 4 is 11.6 Å². The summed E-state index contributed by atoms with van der Waals surface area (Å²) < 4.78 is 11.1. The Morgan fingerprint density at radius 1 is 1.35 bits per heavy atom. The van der Waals surface area contributed by atoms with Crippen molar-refractivity contribution in [3.8, 4) is 11.5 Å². The first-order valence-electron chi connectivity index (χ1n) is 7.14. The Labute approximate surface area is 119 Å². The van der Waals surface area contributed by atoms with E-state index in [1.807, 2.05) is 12.1 Å². The van der Waals surface area contributed by atoms with Crippen molar-refractivity contribution in [1.82, 2.24) is 0 Å². The largest absolute Gasteiger partial charge is 0.490 e. The van der Waals surface area contributed by atoms with E-state index >= 15 is 0 Å². The lowest BCUT2D eigenvalue weighted by molar-refractivity contribution is -0.116. The van der Waals surface area contributed by atoms with Gasteiger partial charge in [-0.2, -0.15) is 0 Å². The Morgan fingerprint density at radius 3 is 2.85 bits per heavy atom. The second-order valence-corrected chi connectivity index (χ2v) is 5.01. The van der Waals surface area contributed by atoms with Gasteiger partial charge in [0, 0.05) is 30.6 Å². The molecule has 1 aromatic carbocycles. The number of rotatable bonds is 5. The first-order valence-corrected chi connectivity index (χ1v) is 7.14. The predicted molar refractivity (Wildman–Crippen MR) is 78.2 cm³/mol. The molecule has 20 heavy (non-hydrogen) atoms. The van der Waals surface area contributed by atoms with Crippen molar-refractivity contribution in [3.05, 3.63) is 18.2 Å². The molecule has 2 rings (SSSR count). The van der Waals surface area contributed by atoms with Crippen molar-refractivity contribution in [2.45, 2.75) is 38.6 Å². The van der Waals surface area contributed by atoms with Gasteiger partial charge in [0.2, 0.25) is 5.91 Å². The number of fused-ring (bicyclic) bond motifs is 1. The lowest BCUT2D eigenvalue weighted by Gasteiger charge is -2.12. The molecule has 0 spiro atoms. The van der Waals surface area contributed by atoms with Crippen LogP contribution in [-0.4, -0.2) is 25.2 Å². The summed E-state index contributed by atoms with van der Waals surface area (Å²) in [5.41, 5.74) is 6.58. The van der Waals surface area contributed by atoms with Gasteiger partial charge < -0.3 is 20.5 Å². The van der Waals surface area contributed by atoms with Gasteiger partial charge in [-0.05, 0) is 18.6 Å². The highest BCUT2D eigenvalue weighted by Gasteiger charge is 2.13. The molecule has 1 aliphatic rings. The minimum atomic E-state index is -0.0830. The van der Waals surface area contributed by atoms with E-state index in [0.29, 0.717) is 31.1 Å². The topological polar surface area (TPSA) is 73.6 Å². The van der Waals surface area contributed by atoms with Crippen LogP contribution in [0.5, 0.6) is 11.5 Å². The van der Waals surface area contributed by atoms with Crippen LogP contribution in [0.3, 0.4) is 0 Å². The highest BCUT2D eigenvalue weighted by molar-refractivity contribution is 5.91. The second kappa shape index (κ2) is 7.14. The predicted octanol–water partition coefficient (Wildman–Crippen LogP) is 2.30. The third-order valence-corrected chi connectivity index (χ3v) is 3.14. The number of anilines is 1. The van der Waals surface area contributed by atoms with Crippen molar-refractivity contribution < 1.29 is 14.3 Å². The van der Waals surface area contributed by atoms with Crippen LogP contribution in [0.15, 0.2) is 18.2 Å². The molecule has 1 unspecified atom stereocenters. The lowest BCUT2D eigenvalue weighted by Crippen LogP contribution is -2.26. The second-order valence-electron chi connectivity index (χ2n) is 5.01. The van der Waals surface area contributed by atoms with E-state index in [1.54, 1.807) is 6.07 Å². The molecular formula is C15H22N2O3. The van der Waals surface area contributed by atoms with Gasteiger partial charge in [-0.1, -0.05) is 13.3 Å². The molecule has 3 N–H and O–H groups in total. The standard InChI is InChI=1S/C15H22N2O3/c1-2-4-11(16)9-15(18)17-12-5-6-13-14(10-12)20-8-3-7-19-13/h5-6,10-11H,2-4,7-9,16H2,1H3,(H,17,18). The number of nitrogens with two attached hydrogens (primary N) is 1. The Bertz CT molecular complexity index is 462. The van der Waals surface area contributed by atoms with Crippen LogP contribution in [0.25, 0.3) is 0 Å². The average Bonchev–Trinajstić information content (AvgIpc) is 2.63. The number of carbonyl (C=O) groups excluding carboxylic acids is 1. The van der Waals surface area contributed by atoms with Crippen LogP contribution in [0.2, 0.25) is 0 Å². The van der Waals surface area contributed by atoms with Gasteiger partial charge in [0.05, 0.1) is 13.2 Å². The van der Waals surface area contributed by atoms with E-state index in [1.165, 1.54) is 0 Å². The molecule has 5 heteroatoms. The molecule has 1 aliphatic heterocycles. The minimum absolute atomic E-state index is 0.0690. The molecule has 5 nitrogen and oxygen atoms in total.